The van der Waals surface area contributed by atoms with Crippen molar-refractivity contribution in [2.24, 2.45) is 0 Å². The van der Waals surface area contributed by atoms with Gasteiger partial charge in [0.2, 0.25) is 0 Å². The highest BCUT2D eigenvalue weighted by Crippen LogP contribution is 2.43. The first-order valence-corrected chi connectivity index (χ1v) is 26.7. The van der Waals surface area contributed by atoms with Crippen LogP contribution in [0.3, 0.4) is 0 Å². The molecule has 0 N–H and O–H groups in total. The van der Waals surface area contributed by atoms with Crippen molar-refractivity contribution in [3.8, 4) is 44.5 Å². The van der Waals surface area contributed by atoms with Crippen LogP contribution in [0.25, 0.3) is 88.0 Å². The van der Waals surface area contributed by atoms with Crippen LogP contribution in [-0.4, -0.2) is 212 Å². The largest absolute Gasteiger partial charge is 0.456 e. The second-order valence-electron chi connectivity index (χ2n) is 23.1. The molecule has 1 nitrogen and oxygen atoms in total. The van der Waals surface area contributed by atoms with Crippen LogP contribution in [0, 0.1) is 0 Å². The molecule has 9 rings (SSSR count). The van der Waals surface area contributed by atoms with E-state index in [0.29, 0.717) is 0 Å². The molecule has 318 valence electrons. The summed E-state index contributed by atoms with van der Waals surface area (Å²) >= 11 is 0. The monoisotopic (exact) mass is 897 g/mol. The van der Waals surface area contributed by atoms with Crippen LogP contribution in [-0.2, 0) is 0 Å². The van der Waals surface area contributed by atoms with Crippen molar-refractivity contribution >= 4 is 403 Å². The van der Waals surface area contributed by atoms with E-state index in [1.165, 1.54) is 224 Å². The molecule has 0 amide bonds. The normalized spacial score (nSPS) is 11.7. The topological polar surface area (TPSA) is 13.1 Å². The SMILES string of the molecule is Bc1c(B)c(B)c(-c2cc(B)c3c(-c4c(B)c(B)c(-c5c(B)c(B)c(B)c(B)c5B)c(B)c4B)c4c(B)c(B)c(B)c(B)c4c(-c4c(B)c(B)c(B)c5c4oc4c(B)c(B)c(B)c(B)c45)c3c2B)c(B)c1B. The highest BCUT2D eigenvalue weighted by molar-refractivity contribution is 6.76. The molecule has 0 bridgehead atoms. The smallest absolute Gasteiger partial charge is 0.143 e. The molecule has 9 aromatic rings. The van der Waals surface area contributed by atoms with Crippen molar-refractivity contribution in [1.29, 1.82) is 0 Å². The Morgan fingerprint density at radius 2 is 0.431 bits per heavy atom. The van der Waals surface area contributed by atoms with Crippen LogP contribution in [0.2, 0.25) is 0 Å². The molecular formula is C44H55B27O. The van der Waals surface area contributed by atoms with Crippen molar-refractivity contribution < 1.29 is 4.42 Å². The van der Waals surface area contributed by atoms with Crippen LogP contribution < -0.4 is 147 Å². The van der Waals surface area contributed by atoms with Crippen molar-refractivity contribution in [3.05, 3.63) is 6.07 Å². The Kier molecular flexibility index (Phi) is 13.2. The summed E-state index contributed by atoms with van der Waals surface area (Å²) in [6.45, 7) is 0. The van der Waals surface area contributed by atoms with Gasteiger partial charge in [-0.15, -0.1) is 49.2 Å². The molecule has 0 aliphatic rings. The minimum Gasteiger partial charge on any atom is -0.456 e. The fourth-order valence-corrected chi connectivity index (χ4v) is 14.0. The minimum atomic E-state index is 1.02. The van der Waals surface area contributed by atoms with Gasteiger partial charge in [0, 0.05) is 16.3 Å². The summed E-state index contributed by atoms with van der Waals surface area (Å²) < 4.78 is 7.57. The maximum absolute atomic E-state index is 7.57. The highest BCUT2D eigenvalue weighted by atomic mass is 16.3. The lowest BCUT2D eigenvalue weighted by atomic mass is 9.55. The van der Waals surface area contributed by atoms with Gasteiger partial charge < -0.3 is 4.42 Å². The van der Waals surface area contributed by atoms with Crippen LogP contribution in [0.5, 0.6) is 0 Å². The van der Waals surface area contributed by atoms with E-state index in [-0.39, 0.29) is 0 Å². The first kappa shape index (κ1) is 52.7. The van der Waals surface area contributed by atoms with E-state index in [4.69, 9.17) is 4.42 Å². The zero-order valence-electron chi connectivity index (χ0n) is 49.5. The third kappa shape index (κ3) is 6.93. The van der Waals surface area contributed by atoms with Crippen molar-refractivity contribution in [2.45, 2.75) is 0 Å². The zero-order valence-corrected chi connectivity index (χ0v) is 49.5. The quantitative estimate of drug-likeness (QED) is 0.127. The number of furan rings is 1. The lowest BCUT2D eigenvalue weighted by Crippen LogP contribution is -2.57. The van der Waals surface area contributed by atoms with E-state index in [1.807, 2.05) is 0 Å². The van der Waals surface area contributed by atoms with Crippen LogP contribution in [0.4, 0.5) is 0 Å². The Labute approximate surface area is 454 Å². The molecular weight excluding hydrogens is 836 g/mol. The predicted molar refractivity (Wildman–Crippen MR) is 411 cm³/mol. The lowest BCUT2D eigenvalue weighted by molar-refractivity contribution is 0.673. The molecule has 72 heavy (non-hydrogen) atoms. The molecule has 0 spiro atoms. The Hall–Kier alpha value is -4.17. The summed E-state index contributed by atoms with van der Waals surface area (Å²) in [5.41, 5.74) is 49.5. The van der Waals surface area contributed by atoms with Gasteiger partial charge in [0.25, 0.3) is 0 Å². The molecule has 0 unspecified atom stereocenters. The predicted octanol–water partition coefficient (Wildman–Crippen LogP) is -34.5. The first-order valence-electron chi connectivity index (χ1n) is 26.7. The van der Waals surface area contributed by atoms with Gasteiger partial charge in [-0.2, -0.15) is 0 Å². The number of hydrogen-bond acceptors (Lipinski definition) is 1. The molecule has 0 saturated carbocycles. The van der Waals surface area contributed by atoms with Crippen molar-refractivity contribution in [3.63, 3.8) is 0 Å². The molecule has 0 aliphatic heterocycles. The van der Waals surface area contributed by atoms with E-state index >= 15 is 0 Å². The maximum atomic E-state index is 7.57. The first-order chi connectivity index (χ1) is 33.6. The molecule has 0 saturated heterocycles. The summed E-state index contributed by atoms with van der Waals surface area (Å²) in [7, 11) is 63.6. The van der Waals surface area contributed by atoms with E-state index in [0.717, 1.165) is 11.2 Å². The summed E-state index contributed by atoms with van der Waals surface area (Å²) in [5, 5.41) is 7.95. The molecule has 0 radical (unpaired) electrons. The second-order valence-corrected chi connectivity index (χ2v) is 23.1. The van der Waals surface area contributed by atoms with Crippen molar-refractivity contribution in [1.82, 2.24) is 0 Å². The zero-order chi connectivity index (χ0) is 53.2. The maximum Gasteiger partial charge on any atom is 0.143 e. The molecule has 28 heteroatoms. The van der Waals surface area contributed by atoms with E-state index in [1.54, 1.807) is 0 Å². The summed E-state index contributed by atoms with van der Waals surface area (Å²) in [4.78, 5) is 0. The van der Waals surface area contributed by atoms with Gasteiger partial charge in [-0.3, -0.25) is 0 Å². The Morgan fingerprint density at radius 1 is 0.181 bits per heavy atom. The Morgan fingerprint density at radius 3 is 0.847 bits per heavy atom. The van der Waals surface area contributed by atoms with Gasteiger partial charge in [0.05, 0.1) is 0 Å². The van der Waals surface area contributed by atoms with Gasteiger partial charge in [-0.05, 0) is 60.5 Å². The summed E-state index contributed by atoms with van der Waals surface area (Å²) in [6, 6.07) is 2.56. The molecule has 1 heterocycles. The van der Waals surface area contributed by atoms with Crippen LogP contribution in [0.15, 0.2) is 10.5 Å². The fourth-order valence-electron chi connectivity index (χ4n) is 14.0. The third-order valence-electron chi connectivity index (χ3n) is 20.5. The van der Waals surface area contributed by atoms with Crippen LogP contribution in [0.1, 0.15) is 0 Å². The van der Waals surface area contributed by atoms with Gasteiger partial charge in [-0.1, -0.05) is 104 Å². The number of benzene rings is 8. The minimum absolute atomic E-state index is 1.02. The van der Waals surface area contributed by atoms with Crippen molar-refractivity contribution in [2.75, 3.05) is 0 Å². The van der Waals surface area contributed by atoms with E-state index in [2.05, 4.69) is 218 Å². The number of rotatable bonds is 4. The molecule has 0 aliphatic carbocycles. The Bertz CT molecular complexity index is 3980. The number of fused-ring (bicyclic) bond motifs is 5. The fraction of sp³-hybridized carbons (Fsp3) is 0. The van der Waals surface area contributed by atoms with Gasteiger partial charge >= 0.3 is 0 Å². The average Bonchev–Trinajstić information content (AvgIpc) is 3.75. The van der Waals surface area contributed by atoms with Gasteiger partial charge in [0.15, 0.2) is 0 Å². The lowest BCUT2D eigenvalue weighted by Gasteiger charge is -2.32. The summed E-state index contributed by atoms with van der Waals surface area (Å²) in [6.07, 6.45) is 0. The molecule has 0 fully saturated rings. The molecule has 0 atom stereocenters. The number of hydrogen-bond donors (Lipinski definition) is 0. The third-order valence-corrected chi connectivity index (χ3v) is 20.5. The van der Waals surface area contributed by atoms with Gasteiger partial charge in [0.1, 0.15) is 223 Å². The van der Waals surface area contributed by atoms with Gasteiger partial charge in [-0.25, -0.2) is 0 Å². The standard InChI is InChI=1S/C44H55B27O/c45-3-1-2(4-18(47)32(61)39(68)33(62)19(4)48)17(46)8-5(3)6(11-22(51)24(53)12(25(54)23(11)52)13-26(55)36(65)40(69)37(66)27(13)56)9-10(21(50)35(64)34(63)20(9)49)7(8)14-28(57)31(60)29(58)15-16-30(59)38(67)41(70)42(71)44(16)72-43(14)15/h1H,45-71H2. The summed E-state index contributed by atoms with van der Waals surface area (Å²) in [5.74, 6) is 0. The molecule has 1 aromatic heterocycles. The molecule has 8 aromatic carbocycles. The average molecular weight is 892 g/mol. The van der Waals surface area contributed by atoms with Crippen LogP contribution >= 0.6 is 0 Å². The van der Waals surface area contributed by atoms with E-state index in [9.17, 15) is 0 Å². The Balaban J connectivity index is 1.64. The second kappa shape index (κ2) is 18.0. The highest BCUT2D eigenvalue weighted by Gasteiger charge is 2.32. The van der Waals surface area contributed by atoms with E-state index < -0.39 is 0 Å².